The maximum atomic E-state index is 12.5. The van der Waals surface area contributed by atoms with Crippen molar-refractivity contribution in [2.45, 2.75) is 52.7 Å². The number of hydrogen-bond donors (Lipinski definition) is 1. The molecular weight excluding hydrogens is 216 g/mol. The number of hydrogen-bond acceptors (Lipinski definition) is 3. The van der Waals surface area contributed by atoms with Gasteiger partial charge < -0.3 is 15.4 Å². The highest BCUT2D eigenvalue weighted by Gasteiger charge is 2.40. The molecule has 0 saturated carbocycles. The molecule has 1 aliphatic heterocycles. The number of nitrogens with zero attached hydrogens (tertiary/aromatic N) is 1. The third-order valence-electron chi connectivity index (χ3n) is 3.60. The van der Waals surface area contributed by atoms with Crippen LogP contribution in [0.3, 0.4) is 0 Å². The molecule has 0 aromatic carbocycles. The van der Waals surface area contributed by atoms with Crippen LogP contribution in [0.4, 0.5) is 0 Å². The largest absolute Gasteiger partial charge is 0.369 e. The summed E-state index contributed by atoms with van der Waals surface area (Å²) in [7, 11) is 0. The molecule has 0 radical (unpaired) electrons. The van der Waals surface area contributed by atoms with E-state index in [0.717, 1.165) is 6.42 Å². The van der Waals surface area contributed by atoms with Gasteiger partial charge in [0.2, 0.25) is 5.91 Å². The minimum absolute atomic E-state index is 0.0848. The predicted molar refractivity (Wildman–Crippen MR) is 68.7 cm³/mol. The van der Waals surface area contributed by atoms with Crippen molar-refractivity contribution in [2.75, 3.05) is 19.6 Å². The molecule has 17 heavy (non-hydrogen) atoms. The van der Waals surface area contributed by atoms with Crippen LogP contribution in [0.2, 0.25) is 0 Å². The molecule has 4 heteroatoms. The van der Waals surface area contributed by atoms with Gasteiger partial charge in [-0.25, -0.2) is 0 Å². The lowest BCUT2D eigenvalue weighted by atomic mass is 9.85. The van der Waals surface area contributed by atoms with Gasteiger partial charge in [0.15, 0.2) is 0 Å². The van der Waals surface area contributed by atoms with E-state index in [1.807, 2.05) is 39.5 Å². The summed E-state index contributed by atoms with van der Waals surface area (Å²) in [5.74, 6) is 0.158. The van der Waals surface area contributed by atoms with Crippen molar-refractivity contribution in [3.8, 4) is 0 Å². The lowest BCUT2D eigenvalue weighted by molar-refractivity contribution is -0.166. The van der Waals surface area contributed by atoms with Crippen molar-refractivity contribution in [1.29, 1.82) is 0 Å². The lowest BCUT2D eigenvalue weighted by Gasteiger charge is -2.44. The number of morpholine rings is 1. The zero-order valence-corrected chi connectivity index (χ0v) is 11.7. The predicted octanol–water partition coefficient (Wildman–Crippen LogP) is 1.39. The Bertz CT molecular complexity index is 285. The summed E-state index contributed by atoms with van der Waals surface area (Å²) in [4.78, 5) is 14.4. The first kappa shape index (κ1) is 14.5. The Hall–Kier alpha value is -0.610. The van der Waals surface area contributed by atoms with Crippen molar-refractivity contribution in [3.63, 3.8) is 0 Å². The van der Waals surface area contributed by atoms with Gasteiger partial charge in [0, 0.05) is 19.6 Å². The van der Waals surface area contributed by atoms with Gasteiger partial charge in [0.05, 0.1) is 17.1 Å². The molecule has 1 heterocycles. The Morgan fingerprint density at radius 2 is 2.18 bits per heavy atom. The zero-order chi connectivity index (χ0) is 13.3. The molecule has 1 rings (SSSR count). The van der Waals surface area contributed by atoms with E-state index in [2.05, 4.69) is 0 Å². The van der Waals surface area contributed by atoms with Crippen molar-refractivity contribution < 1.29 is 9.53 Å². The van der Waals surface area contributed by atoms with Gasteiger partial charge in [-0.05, 0) is 34.1 Å². The minimum Gasteiger partial charge on any atom is -0.369 e. The molecule has 0 aromatic heterocycles. The number of carbonyl (C=O) groups is 1. The van der Waals surface area contributed by atoms with Gasteiger partial charge in [-0.3, -0.25) is 4.79 Å². The molecule has 2 unspecified atom stereocenters. The Labute approximate surface area is 104 Å². The Morgan fingerprint density at radius 1 is 1.59 bits per heavy atom. The molecule has 1 saturated heterocycles. The van der Waals surface area contributed by atoms with Gasteiger partial charge in [-0.2, -0.15) is 0 Å². The number of carbonyl (C=O) groups excluding carboxylic acids is 1. The summed E-state index contributed by atoms with van der Waals surface area (Å²) >= 11 is 0. The molecule has 1 fully saturated rings. The molecule has 100 valence electrons. The van der Waals surface area contributed by atoms with Crippen molar-refractivity contribution in [3.05, 3.63) is 0 Å². The highest BCUT2D eigenvalue weighted by molar-refractivity contribution is 5.82. The van der Waals surface area contributed by atoms with E-state index >= 15 is 0 Å². The second kappa shape index (κ2) is 4.94. The standard InChI is InChI=1S/C13H26N2O2/c1-6-13(5,8-14)11(16)15-7-10(2)17-12(3,4)9-15/h10H,6-9,14H2,1-5H3. The fourth-order valence-corrected chi connectivity index (χ4v) is 2.37. The van der Waals surface area contributed by atoms with Crippen molar-refractivity contribution >= 4 is 5.91 Å². The smallest absolute Gasteiger partial charge is 0.229 e. The Balaban J connectivity index is 2.82. The summed E-state index contributed by atoms with van der Waals surface area (Å²) < 4.78 is 5.81. The van der Waals surface area contributed by atoms with Crippen LogP contribution in [0, 0.1) is 5.41 Å². The lowest BCUT2D eigenvalue weighted by Crippen LogP contribution is -2.57. The fourth-order valence-electron chi connectivity index (χ4n) is 2.37. The summed E-state index contributed by atoms with van der Waals surface area (Å²) in [6.07, 6.45) is 0.857. The van der Waals surface area contributed by atoms with Gasteiger partial charge in [0.1, 0.15) is 0 Å². The van der Waals surface area contributed by atoms with Crippen LogP contribution in [0.5, 0.6) is 0 Å². The van der Waals surface area contributed by atoms with E-state index in [1.165, 1.54) is 0 Å². The van der Waals surface area contributed by atoms with Crippen LogP contribution in [0.1, 0.15) is 41.0 Å². The first-order valence-corrected chi connectivity index (χ1v) is 6.41. The minimum atomic E-state index is -0.437. The summed E-state index contributed by atoms with van der Waals surface area (Å²) in [5, 5.41) is 0. The third-order valence-corrected chi connectivity index (χ3v) is 3.60. The first-order valence-electron chi connectivity index (χ1n) is 6.41. The molecule has 1 aliphatic rings. The SMILES string of the molecule is CCC(C)(CN)C(=O)N1CC(C)OC(C)(C)C1. The van der Waals surface area contributed by atoms with Crippen molar-refractivity contribution in [1.82, 2.24) is 4.90 Å². The van der Waals surface area contributed by atoms with Gasteiger partial charge in [-0.15, -0.1) is 0 Å². The average molecular weight is 242 g/mol. The number of amides is 1. The van der Waals surface area contributed by atoms with Crippen LogP contribution >= 0.6 is 0 Å². The average Bonchev–Trinajstić information content (AvgIpc) is 2.24. The molecule has 0 aliphatic carbocycles. The van der Waals surface area contributed by atoms with Crippen LogP contribution < -0.4 is 5.73 Å². The first-order chi connectivity index (χ1) is 7.74. The van der Waals surface area contributed by atoms with Crippen LogP contribution in [-0.2, 0) is 9.53 Å². The number of rotatable bonds is 3. The molecule has 2 N–H and O–H groups in total. The quantitative estimate of drug-likeness (QED) is 0.813. The highest BCUT2D eigenvalue weighted by atomic mass is 16.5. The Morgan fingerprint density at radius 3 is 2.59 bits per heavy atom. The summed E-state index contributed by atoms with van der Waals surface area (Å²) in [6, 6.07) is 0. The monoisotopic (exact) mass is 242 g/mol. The van der Waals surface area contributed by atoms with E-state index in [4.69, 9.17) is 10.5 Å². The van der Waals surface area contributed by atoms with Gasteiger partial charge in [-0.1, -0.05) is 6.92 Å². The third kappa shape index (κ3) is 3.19. The number of ether oxygens (including phenoxy) is 1. The fraction of sp³-hybridized carbons (Fsp3) is 0.923. The van der Waals surface area contributed by atoms with Gasteiger partial charge >= 0.3 is 0 Å². The normalized spacial score (nSPS) is 27.6. The number of nitrogens with two attached hydrogens (primary N) is 1. The zero-order valence-electron chi connectivity index (χ0n) is 11.7. The van der Waals surface area contributed by atoms with E-state index in [-0.39, 0.29) is 17.6 Å². The second-order valence-corrected chi connectivity index (χ2v) is 5.99. The maximum Gasteiger partial charge on any atom is 0.229 e. The molecular formula is C13H26N2O2. The van der Waals surface area contributed by atoms with E-state index in [9.17, 15) is 4.79 Å². The van der Waals surface area contributed by atoms with Crippen LogP contribution in [0.15, 0.2) is 0 Å². The summed E-state index contributed by atoms with van der Waals surface area (Å²) in [6.45, 7) is 11.7. The molecule has 0 spiro atoms. The molecule has 2 atom stereocenters. The van der Waals surface area contributed by atoms with Crippen molar-refractivity contribution in [2.24, 2.45) is 11.1 Å². The van der Waals surface area contributed by atoms with E-state index < -0.39 is 5.41 Å². The Kier molecular flexibility index (Phi) is 4.20. The molecule has 4 nitrogen and oxygen atoms in total. The van der Waals surface area contributed by atoms with Crippen LogP contribution in [0.25, 0.3) is 0 Å². The highest BCUT2D eigenvalue weighted by Crippen LogP contribution is 2.27. The van der Waals surface area contributed by atoms with E-state index in [0.29, 0.717) is 19.6 Å². The van der Waals surface area contributed by atoms with Crippen LogP contribution in [-0.4, -0.2) is 42.1 Å². The second-order valence-electron chi connectivity index (χ2n) is 5.99. The molecule has 1 amide bonds. The molecule has 0 aromatic rings. The summed E-state index contributed by atoms with van der Waals surface area (Å²) in [5.41, 5.74) is 5.04. The molecule has 0 bridgehead atoms. The van der Waals surface area contributed by atoms with Gasteiger partial charge in [0.25, 0.3) is 0 Å². The van der Waals surface area contributed by atoms with E-state index in [1.54, 1.807) is 0 Å². The topological polar surface area (TPSA) is 55.6 Å². The maximum absolute atomic E-state index is 12.5.